The van der Waals surface area contributed by atoms with Crippen LogP contribution in [0, 0.1) is 20.8 Å². The monoisotopic (exact) mass is 440 g/mol. The highest BCUT2D eigenvalue weighted by molar-refractivity contribution is 6.36. The second-order valence-corrected chi connectivity index (χ2v) is 8.48. The highest BCUT2D eigenvalue weighted by Crippen LogP contribution is 2.31. The Bertz CT molecular complexity index is 1200. The Labute approximate surface area is 194 Å². The Kier molecular flexibility index (Phi) is 6.31. The van der Waals surface area contributed by atoms with E-state index < -0.39 is 0 Å². The minimum atomic E-state index is -0.303. The van der Waals surface area contributed by atoms with E-state index >= 15 is 0 Å². The van der Waals surface area contributed by atoms with Crippen molar-refractivity contribution in [2.45, 2.75) is 27.2 Å². The molecule has 0 unspecified atom stereocenters. The second-order valence-electron chi connectivity index (χ2n) is 8.48. The molecule has 1 heterocycles. The summed E-state index contributed by atoms with van der Waals surface area (Å²) < 4.78 is 5.21. The molecule has 0 radical (unpaired) electrons. The van der Waals surface area contributed by atoms with Gasteiger partial charge >= 0.3 is 0 Å². The molecule has 0 aliphatic carbocycles. The van der Waals surface area contributed by atoms with Gasteiger partial charge in [-0.05, 0) is 73.7 Å². The van der Waals surface area contributed by atoms with E-state index in [0.29, 0.717) is 24.2 Å². The minimum Gasteiger partial charge on any atom is -0.497 e. The molecule has 33 heavy (non-hydrogen) atoms. The number of imide groups is 1. The van der Waals surface area contributed by atoms with E-state index in [1.807, 2.05) is 81.4 Å². The van der Waals surface area contributed by atoms with Gasteiger partial charge in [-0.3, -0.25) is 14.5 Å². The Hall–Kier alpha value is -3.86. The molecule has 4 rings (SSSR count). The largest absolute Gasteiger partial charge is 0.497 e. The van der Waals surface area contributed by atoms with Crippen molar-refractivity contribution < 1.29 is 14.3 Å². The van der Waals surface area contributed by atoms with Gasteiger partial charge in [0.15, 0.2) is 0 Å². The van der Waals surface area contributed by atoms with E-state index in [0.717, 1.165) is 39.3 Å². The average Bonchev–Trinajstić information content (AvgIpc) is 3.01. The second kappa shape index (κ2) is 9.33. The number of aryl methyl sites for hydroxylation is 3. The topological polar surface area (TPSA) is 58.6 Å². The summed E-state index contributed by atoms with van der Waals surface area (Å²) in [5.41, 5.74) is 6.56. The van der Waals surface area contributed by atoms with Gasteiger partial charge in [-0.2, -0.15) is 0 Å². The number of nitrogens with one attached hydrogen (secondary N) is 1. The lowest BCUT2D eigenvalue weighted by Crippen LogP contribution is -2.34. The van der Waals surface area contributed by atoms with Crippen molar-refractivity contribution in [1.82, 2.24) is 4.90 Å². The van der Waals surface area contributed by atoms with Crippen LogP contribution in [0.15, 0.2) is 72.4 Å². The number of rotatable bonds is 7. The number of ether oxygens (including phenoxy) is 1. The molecule has 0 spiro atoms. The quantitative estimate of drug-likeness (QED) is 0.522. The van der Waals surface area contributed by atoms with Crippen molar-refractivity contribution in [2.75, 3.05) is 19.0 Å². The molecule has 0 fully saturated rings. The minimum absolute atomic E-state index is 0.274. The molecule has 1 aliphatic rings. The fourth-order valence-electron chi connectivity index (χ4n) is 4.11. The lowest BCUT2D eigenvalue weighted by atomic mass is 10.0. The summed E-state index contributed by atoms with van der Waals surface area (Å²) in [4.78, 5) is 28.2. The number of methoxy groups -OCH3 is 1. The van der Waals surface area contributed by atoms with Crippen LogP contribution in [-0.2, 0) is 16.0 Å². The number of benzene rings is 3. The lowest BCUT2D eigenvalue weighted by Gasteiger charge is -2.16. The SMILES string of the molecule is COc1ccc(CCN2C(=O)C(Nc3cc(C)cc(C)c3)=C(c3ccc(C)cc3)C2=O)cc1. The summed E-state index contributed by atoms with van der Waals surface area (Å²) in [5, 5.41) is 3.26. The van der Waals surface area contributed by atoms with Crippen LogP contribution in [0.4, 0.5) is 5.69 Å². The average molecular weight is 441 g/mol. The molecule has 0 aromatic heterocycles. The number of anilines is 1. The number of amides is 2. The third-order valence-corrected chi connectivity index (χ3v) is 5.78. The van der Waals surface area contributed by atoms with Gasteiger partial charge in [0.1, 0.15) is 11.4 Å². The summed E-state index contributed by atoms with van der Waals surface area (Å²) >= 11 is 0. The molecule has 1 N–H and O–H groups in total. The molecule has 0 bridgehead atoms. The van der Waals surface area contributed by atoms with Gasteiger partial charge in [-0.25, -0.2) is 0 Å². The first-order chi connectivity index (χ1) is 15.9. The van der Waals surface area contributed by atoms with Crippen molar-refractivity contribution in [3.8, 4) is 5.75 Å². The summed E-state index contributed by atoms with van der Waals surface area (Å²) in [5.74, 6) is 0.197. The molecule has 168 valence electrons. The first-order valence-corrected chi connectivity index (χ1v) is 11.0. The van der Waals surface area contributed by atoms with E-state index in [2.05, 4.69) is 11.4 Å². The summed E-state index contributed by atoms with van der Waals surface area (Å²) in [7, 11) is 1.62. The molecule has 0 saturated heterocycles. The zero-order chi connectivity index (χ0) is 23.5. The Morgan fingerprint density at radius 3 is 2.03 bits per heavy atom. The van der Waals surface area contributed by atoms with Gasteiger partial charge in [-0.1, -0.05) is 48.0 Å². The van der Waals surface area contributed by atoms with Gasteiger partial charge in [0.05, 0.1) is 12.7 Å². The molecule has 2 amide bonds. The number of hydrogen-bond acceptors (Lipinski definition) is 4. The fourth-order valence-corrected chi connectivity index (χ4v) is 4.11. The van der Waals surface area contributed by atoms with E-state index in [4.69, 9.17) is 4.74 Å². The van der Waals surface area contributed by atoms with Crippen LogP contribution in [0.1, 0.15) is 27.8 Å². The number of hydrogen-bond donors (Lipinski definition) is 1. The number of nitrogens with zero attached hydrogens (tertiary/aromatic N) is 1. The Morgan fingerprint density at radius 1 is 0.788 bits per heavy atom. The van der Waals surface area contributed by atoms with E-state index in [1.165, 1.54) is 4.90 Å². The summed E-state index contributed by atoms with van der Waals surface area (Å²) in [6.45, 7) is 6.32. The van der Waals surface area contributed by atoms with Crippen LogP contribution in [0.2, 0.25) is 0 Å². The summed E-state index contributed by atoms with van der Waals surface area (Å²) in [6, 6.07) is 21.4. The van der Waals surface area contributed by atoms with Gasteiger partial charge in [0, 0.05) is 12.2 Å². The standard InChI is InChI=1S/C28H28N2O3/c1-18-5-9-22(10-6-18)25-26(29-23-16-19(2)15-20(3)17-23)28(32)30(27(25)31)14-13-21-7-11-24(33-4)12-8-21/h5-12,15-17,29H,13-14H2,1-4H3. The van der Waals surface area contributed by atoms with E-state index in [1.54, 1.807) is 7.11 Å². The van der Waals surface area contributed by atoms with Gasteiger partial charge in [0.25, 0.3) is 11.8 Å². The molecule has 5 nitrogen and oxygen atoms in total. The Balaban J connectivity index is 1.65. The van der Waals surface area contributed by atoms with Crippen molar-refractivity contribution in [1.29, 1.82) is 0 Å². The zero-order valence-electron chi connectivity index (χ0n) is 19.4. The molecule has 3 aromatic rings. The maximum absolute atomic E-state index is 13.4. The Morgan fingerprint density at radius 2 is 1.42 bits per heavy atom. The van der Waals surface area contributed by atoms with Crippen molar-refractivity contribution in [2.24, 2.45) is 0 Å². The lowest BCUT2D eigenvalue weighted by molar-refractivity contribution is -0.136. The van der Waals surface area contributed by atoms with E-state index in [9.17, 15) is 9.59 Å². The van der Waals surface area contributed by atoms with Crippen LogP contribution in [0.3, 0.4) is 0 Å². The van der Waals surface area contributed by atoms with E-state index in [-0.39, 0.29) is 11.8 Å². The predicted octanol–water partition coefficient (Wildman–Crippen LogP) is 5.06. The van der Waals surface area contributed by atoms with Crippen LogP contribution in [0.25, 0.3) is 5.57 Å². The molecule has 5 heteroatoms. The van der Waals surface area contributed by atoms with Crippen molar-refractivity contribution >= 4 is 23.1 Å². The van der Waals surface area contributed by atoms with Crippen molar-refractivity contribution in [3.05, 3.63) is 100 Å². The van der Waals surface area contributed by atoms with Crippen LogP contribution in [0.5, 0.6) is 5.75 Å². The van der Waals surface area contributed by atoms with Crippen LogP contribution in [-0.4, -0.2) is 30.4 Å². The van der Waals surface area contributed by atoms with Crippen LogP contribution >= 0.6 is 0 Å². The fraction of sp³-hybridized carbons (Fsp3) is 0.214. The maximum Gasteiger partial charge on any atom is 0.278 e. The predicted molar refractivity (Wildman–Crippen MR) is 131 cm³/mol. The van der Waals surface area contributed by atoms with Crippen LogP contribution < -0.4 is 10.1 Å². The number of carbonyl (C=O) groups is 2. The zero-order valence-corrected chi connectivity index (χ0v) is 19.4. The summed E-state index contributed by atoms with van der Waals surface area (Å²) in [6.07, 6.45) is 0.569. The smallest absolute Gasteiger partial charge is 0.278 e. The molecular weight excluding hydrogens is 412 g/mol. The van der Waals surface area contributed by atoms with Crippen molar-refractivity contribution in [3.63, 3.8) is 0 Å². The molecule has 1 aliphatic heterocycles. The highest BCUT2D eigenvalue weighted by Gasteiger charge is 2.38. The first-order valence-electron chi connectivity index (χ1n) is 11.0. The molecule has 0 saturated carbocycles. The molecule has 3 aromatic carbocycles. The van der Waals surface area contributed by atoms with Gasteiger partial charge in [0.2, 0.25) is 0 Å². The highest BCUT2D eigenvalue weighted by atomic mass is 16.5. The first kappa shape index (κ1) is 22.3. The molecular formula is C28H28N2O3. The third kappa shape index (κ3) is 4.82. The molecule has 0 atom stereocenters. The number of carbonyl (C=O) groups excluding carboxylic acids is 2. The maximum atomic E-state index is 13.4. The van der Waals surface area contributed by atoms with Gasteiger partial charge in [-0.15, -0.1) is 0 Å². The third-order valence-electron chi connectivity index (χ3n) is 5.78. The van der Waals surface area contributed by atoms with Gasteiger partial charge < -0.3 is 10.1 Å². The normalized spacial score (nSPS) is 13.6.